The van der Waals surface area contributed by atoms with Gasteiger partial charge in [-0.1, -0.05) is 23.2 Å². The van der Waals surface area contributed by atoms with Crippen LogP contribution in [0, 0.1) is 5.82 Å². The lowest BCUT2D eigenvalue weighted by atomic mass is 10.1. The van der Waals surface area contributed by atoms with Crippen molar-refractivity contribution in [3.05, 3.63) is 43.7 Å². The second-order valence-corrected chi connectivity index (χ2v) is 4.63. The van der Waals surface area contributed by atoms with E-state index in [0.717, 1.165) is 0 Å². The molecule has 0 bridgehead atoms. The zero-order chi connectivity index (χ0) is 16.0. The molecule has 0 saturated heterocycles. The number of H-pyrrole nitrogens is 1. The molecule has 0 aliphatic heterocycles. The van der Waals surface area contributed by atoms with Gasteiger partial charge in [0, 0.05) is 12.0 Å². The largest absolute Gasteiger partial charge is 0.501 e. The highest BCUT2D eigenvalue weighted by Crippen LogP contribution is 2.19. The fraction of sp³-hybridized carbons (Fsp3) is 0.385. The summed E-state index contributed by atoms with van der Waals surface area (Å²) in [6.45, 7) is 3.84. The normalized spacial score (nSPS) is 11.4. The zero-order valence-corrected chi connectivity index (χ0v) is 13.0. The molecule has 1 heterocycles. The molecule has 0 aromatic carbocycles. The molecule has 1 rings (SSSR count). The number of aromatic amines is 1. The maximum atomic E-state index is 13.5. The van der Waals surface area contributed by atoms with Crippen LogP contribution < -0.4 is 5.43 Å². The summed E-state index contributed by atoms with van der Waals surface area (Å²) >= 11 is 11.3. The van der Waals surface area contributed by atoms with Gasteiger partial charge < -0.3 is 14.5 Å². The smallest absolute Gasteiger partial charge is 0.337 e. The molecular weight excluding hydrogens is 324 g/mol. The first-order valence-corrected chi connectivity index (χ1v) is 6.91. The lowest BCUT2D eigenvalue weighted by Crippen LogP contribution is -2.19. The van der Waals surface area contributed by atoms with Crippen molar-refractivity contribution in [1.29, 1.82) is 0 Å². The monoisotopic (exact) mass is 337 g/mol. The van der Waals surface area contributed by atoms with E-state index in [4.69, 9.17) is 32.7 Å². The van der Waals surface area contributed by atoms with Crippen LogP contribution in [0.15, 0.2) is 16.6 Å². The summed E-state index contributed by atoms with van der Waals surface area (Å²) in [6.07, 6.45) is 0.932. The molecule has 21 heavy (non-hydrogen) atoms. The minimum Gasteiger partial charge on any atom is -0.501 e. The van der Waals surface area contributed by atoms with Crippen LogP contribution in [0.5, 0.6) is 0 Å². The third-order valence-electron chi connectivity index (χ3n) is 2.45. The molecule has 1 N–H and O–H groups in total. The van der Waals surface area contributed by atoms with Crippen LogP contribution in [0.2, 0.25) is 10.3 Å². The van der Waals surface area contributed by atoms with E-state index >= 15 is 0 Å². The Labute approximate surface area is 130 Å². The minimum absolute atomic E-state index is 0.0489. The summed E-state index contributed by atoms with van der Waals surface area (Å²) in [5.74, 6) is -1.83. The lowest BCUT2D eigenvalue weighted by Gasteiger charge is -2.09. The van der Waals surface area contributed by atoms with Crippen LogP contribution in [-0.2, 0) is 20.7 Å². The van der Waals surface area contributed by atoms with Gasteiger partial charge in [0.1, 0.15) is 10.3 Å². The summed E-state index contributed by atoms with van der Waals surface area (Å²) < 4.78 is 23.4. The van der Waals surface area contributed by atoms with E-state index in [1.807, 2.05) is 0 Å². The first kappa shape index (κ1) is 17.5. The van der Waals surface area contributed by atoms with Crippen LogP contribution >= 0.6 is 23.2 Å². The van der Waals surface area contributed by atoms with Gasteiger partial charge in [-0.25, -0.2) is 4.79 Å². The third-order valence-corrected chi connectivity index (χ3v) is 3.03. The fourth-order valence-corrected chi connectivity index (χ4v) is 1.95. The first-order chi connectivity index (χ1) is 9.92. The van der Waals surface area contributed by atoms with Crippen molar-refractivity contribution in [2.24, 2.45) is 0 Å². The Kier molecular flexibility index (Phi) is 6.71. The third kappa shape index (κ3) is 4.47. The molecule has 5 nitrogen and oxygen atoms in total. The van der Waals surface area contributed by atoms with Crippen LogP contribution in [0.4, 0.5) is 4.39 Å². The van der Waals surface area contributed by atoms with E-state index < -0.39 is 22.4 Å². The van der Waals surface area contributed by atoms with Crippen molar-refractivity contribution in [3.8, 4) is 0 Å². The zero-order valence-electron chi connectivity index (χ0n) is 11.5. The van der Waals surface area contributed by atoms with E-state index in [2.05, 4.69) is 4.98 Å². The molecule has 0 atom stereocenters. The topological polar surface area (TPSA) is 68.4 Å². The van der Waals surface area contributed by atoms with Crippen LogP contribution in [0.1, 0.15) is 19.4 Å². The van der Waals surface area contributed by atoms with Gasteiger partial charge in [-0.05, 0) is 13.8 Å². The Hall–Kier alpha value is -1.53. The Bertz CT molecular complexity index is 613. The Balaban J connectivity index is 3.18. The number of carbonyl (C=O) groups excluding carboxylic acids is 1. The molecule has 116 valence electrons. The van der Waals surface area contributed by atoms with E-state index in [1.54, 1.807) is 13.8 Å². The molecular formula is C13H14Cl2FNO4. The van der Waals surface area contributed by atoms with Crippen LogP contribution in [0.3, 0.4) is 0 Å². The molecule has 1 aromatic heterocycles. The number of halogens is 3. The molecule has 0 aliphatic rings. The quantitative estimate of drug-likeness (QED) is 0.375. The Morgan fingerprint density at radius 1 is 1.29 bits per heavy atom. The molecule has 0 amide bonds. The van der Waals surface area contributed by atoms with Gasteiger partial charge in [0.15, 0.2) is 0 Å². The number of pyridine rings is 1. The van der Waals surface area contributed by atoms with Gasteiger partial charge in [-0.2, -0.15) is 4.39 Å². The van der Waals surface area contributed by atoms with Gasteiger partial charge in [-0.3, -0.25) is 4.79 Å². The van der Waals surface area contributed by atoms with Crippen molar-refractivity contribution >= 4 is 29.2 Å². The predicted octanol–water partition coefficient (Wildman–Crippen LogP) is 2.85. The second-order valence-electron chi connectivity index (χ2n) is 3.87. The van der Waals surface area contributed by atoms with Gasteiger partial charge in [-0.15, -0.1) is 0 Å². The Morgan fingerprint density at radius 2 is 1.95 bits per heavy atom. The second kappa shape index (κ2) is 8.05. The van der Waals surface area contributed by atoms with Gasteiger partial charge in [0.05, 0.1) is 25.0 Å². The summed E-state index contributed by atoms with van der Waals surface area (Å²) in [4.78, 5) is 25.9. The number of esters is 1. The number of hydrogen-bond acceptors (Lipinski definition) is 4. The van der Waals surface area contributed by atoms with Crippen LogP contribution in [-0.4, -0.2) is 24.2 Å². The summed E-state index contributed by atoms with van der Waals surface area (Å²) in [5.41, 5.74) is -1.05. The molecule has 0 saturated carbocycles. The van der Waals surface area contributed by atoms with Crippen molar-refractivity contribution in [3.63, 3.8) is 0 Å². The number of rotatable bonds is 6. The SMILES string of the molecule is CCOC=C(Cc1c(Cl)[nH]c(Cl)c(F)c1=O)C(=O)OCC. The predicted molar refractivity (Wildman–Crippen MR) is 77.1 cm³/mol. The van der Waals surface area contributed by atoms with Crippen molar-refractivity contribution in [2.45, 2.75) is 20.3 Å². The molecule has 0 radical (unpaired) electrons. The van der Waals surface area contributed by atoms with Crippen LogP contribution in [0.25, 0.3) is 0 Å². The summed E-state index contributed by atoms with van der Waals surface area (Å²) in [7, 11) is 0. The van der Waals surface area contributed by atoms with Crippen molar-refractivity contribution < 1.29 is 18.7 Å². The molecule has 0 fully saturated rings. The molecule has 8 heteroatoms. The number of hydrogen-bond donors (Lipinski definition) is 1. The molecule has 0 spiro atoms. The molecule has 1 aromatic rings. The highest BCUT2D eigenvalue weighted by Gasteiger charge is 2.20. The maximum Gasteiger partial charge on any atom is 0.337 e. The standard InChI is InChI=1S/C13H14Cl2FNO4/c1-3-20-6-7(13(19)21-4-2)5-8-10(18)9(16)12(15)17-11(8)14/h6H,3-5H2,1-2H3,(H,17,18). The van der Waals surface area contributed by atoms with E-state index in [0.29, 0.717) is 6.61 Å². The van der Waals surface area contributed by atoms with Gasteiger partial charge in [0.2, 0.25) is 11.2 Å². The fourth-order valence-electron chi connectivity index (χ4n) is 1.48. The summed E-state index contributed by atoms with van der Waals surface area (Å²) in [5, 5.41) is -0.627. The number of ether oxygens (including phenoxy) is 2. The average Bonchev–Trinajstić information content (AvgIpc) is 2.44. The van der Waals surface area contributed by atoms with Crippen molar-refractivity contribution in [1.82, 2.24) is 4.98 Å². The molecule has 0 unspecified atom stereocenters. The maximum absolute atomic E-state index is 13.5. The Morgan fingerprint density at radius 3 is 2.52 bits per heavy atom. The lowest BCUT2D eigenvalue weighted by molar-refractivity contribution is -0.138. The number of carbonyl (C=O) groups is 1. The average molecular weight is 338 g/mol. The highest BCUT2D eigenvalue weighted by atomic mass is 35.5. The number of aromatic nitrogens is 1. The van der Waals surface area contributed by atoms with E-state index in [-0.39, 0.29) is 29.3 Å². The first-order valence-electron chi connectivity index (χ1n) is 6.15. The van der Waals surface area contributed by atoms with Crippen molar-refractivity contribution in [2.75, 3.05) is 13.2 Å². The molecule has 0 aliphatic carbocycles. The minimum atomic E-state index is -1.16. The summed E-state index contributed by atoms with van der Waals surface area (Å²) in [6, 6.07) is 0. The van der Waals surface area contributed by atoms with Gasteiger partial charge in [0.25, 0.3) is 0 Å². The van der Waals surface area contributed by atoms with E-state index in [1.165, 1.54) is 6.26 Å². The number of nitrogens with one attached hydrogen (secondary N) is 1. The highest BCUT2D eigenvalue weighted by molar-refractivity contribution is 6.33. The van der Waals surface area contributed by atoms with Gasteiger partial charge >= 0.3 is 5.97 Å². The van der Waals surface area contributed by atoms with E-state index in [9.17, 15) is 14.0 Å².